The van der Waals surface area contributed by atoms with E-state index in [2.05, 4.69) is 42.9 Å². The molecule has 0 aliphatic rings. The van der Waals surface area contributed by atoms with E-state index in [0.29, 0.717) is 0 Å². The average Bonchev–Trinajstić information content (AvgIpc) is 2.20. The second-order valence-electron chi connectivity index (χ2n) is 4.55. The van der Waals surface area contributed by atoms with E-state index in [1.165, 1.54) is 0 Å². The van der Waals surface area contributed by atoms with E-state index in [-0.39, 0.29) is 0 Å². The summed E-state index contributed by atoms with van der Waals surface area (Å²) in [5.74, 6) is 0. The van der Waals surface area contributed by atoms with Gasteiger partial charge in [-0.05, 0) is 47.7 Å². The first-order chi connectivity index (χ1) is 7.06. The molecule has 0 amide bonds. The Morgan fingerprint density at radius 2 is 1.20 bits per heavy atom. The van der Waals surface area contributed by atoms with Crippen LogP contribution in [0.25, 0.3) is 0 Å². The van der Waals surface area contributed by atoms with Gasteiger partial charge in [0.15, 0.2) is 0 Å². The van der Waals surface area contributed by atoms with Crippen LogP contribution >= 0.6 is 0 Å². The summed E-state index contributed by atoms with van der Waals surface area (Å²) in [6, 6.07) is 0. The zero-order valence-electron chi connectivity index (χ0n) is 10.9. The number of rotatable bonds is 9. The van der Waals surface area contributed by atoms with E-state index < -0.39 is 0 Å². The zero-order chi connectivity index (χ0) is 11.7. The van der Waals surface area contributed by atoms with Crippen molar-refractivity contribution in [2.45, 2.75) is 6.42 Å². The summed E-state index contributed by atoms with van der Waals surface area (Å²) in [7, 11) is 8.57. The SMILES string of the molecule is CN(C)CCN(C)CCN(C)CCCN. The Bertz CT molecular complexity index is 139. The molecule has 0 aromatic heterocycles. The molecule has 4 heteroatoms. The molecule has 0 rings (SSSR count). The largest absolute Gasteiger partial charge is 0.330 e. The highest BCUT2D eigenvalue weighted by atomic mass is 15.2. The average molecular weight is 216 g/mol. The Balaban J connectivity index is 3.39. The first-order valence-corrected chi connectivity index (χ1v) is 5.78. The van der Waals surface area contributed by atoms with Crippen LogP contribution in [0.4, 0.5) is 0 Å². The van der Waals surface area contributed by atoms with Gasteiger partial charge in [-0.1, -0.05) is 0 Å². The number of hydrogen-bond donors (Lipinski definition) is 1. The second-order valence-corrected chi connectivity index (χ2v) is 4.55. The summed E-state index contributed by atoms with van der Waals surface area (Å²) in [6.45, 7) is 6.43. The number of nitrogens with zero attached hydrogens (tertiary/aromatic N) is 3. The van der Waals surface area contributed by atoms with E-state index in [0.717, 1.165) is 45.7 Å². The van der Waals surface area contributed by atoms with Gasteiger partial charge in [-0.3, -0.25) is 0 Å². The van der Waals surface area contributed by atoms with Gasteiger partial charge in [0.05, 0.1) is 0 Å². The molecule has 4 nitrogen and oxygen atoms in total. The van der Waals surface area contributed by atoms with Crippen LogP contribution in [-0.2, 0) is 0 Å². The molecular formula is C11H28N4. The fourth-order valence-electron chi connectivity index (χ4n) is 1.30. The van der Waals surface area contributed by atoms with Gasteiger partial charge in [-0.15, -0.1) is 0 Å². The molecule has 0 bridgehead atoms. The molecule has 0 saturated heterocycles. The summed E-state index contributed by atoms with van der Waals surface area (Å²) in [4.78, 5) is 6.94. The number of likely N-dealkylation sites (N-methyl/N-ethyl adjacent to an activating group) is 3. The van der Waals surface area contributed by atoms with Crippen molar-refractivity contribution >= 4 is 0 Å². The van der Waals surface area contributed by atoms with Crippen LogP contribution in [0.2, 0.25) is 0 Å². The molecule has 0 radical (unpaired) electrons. The van der Waals surface area contributed by atoms with Gasteiger partial charge in [0.25, 0.3) is 0 Å². The molecule has 0 aliphatic heterocycles. The Kier molecular flexibility index (Phi) is 9.00. The first-order valence-electron chi connectivity index (χ1n) is 5.78. The van der Waals surface area contributed by atoms with E-state index in [1.807, 2.05) is 0 Å². The van der Waals surface area contributed by atoms with Crippen molar-refractivity contribution in [3.05, 3.63) is 0 Å². The second kappa shape index (κ2) is 9.09. The quantitative estimate of drug-likeness (QED) is 0.577. The van der Waals surface area contributed by atoms with Gasteiger partial charge in [0.2, 0.25) is 0 Å². The minimum Gasteiger partial charge on any atom is -0.330 e. The monoisotopic (exact) mass is 216 g/mol. The predicted molar refractivity (Wildman–Crippen MR) is 67.2 cm³/mol. The third-order valence-corrected chi connectivity index (χ3v) is 2.54. The highest BCUT2D eigenvalue weighted by molar-refractivity contribution is 4.58. The normalized spacial score (nSPS) is 12.0. The van der Waals surface area contributed by atoms with Crippen molar-refractivity contribution in [1.29, 1.82) is 0 Å². The maximum absolute atomic E-state index is 5.47. The van der Waals surface area contributed by atoms with Crippen LogP contribution in [0.1, 0.15) is 6.42 Å². The van der Waals surface area contributed by atoms with Crippen molar-refractivity contribution in [1.82, 2.24) is 14.7 Å². The van der Waals surface area contributed by atoms with Crippen LogP contribution < -0.4 is 5.73 Å². The molecule has 0 aromatic rings. The molecule has 15 heavy (non-hydrogen) atoms. The molecule has 0 atom stereocenters. The third-order valence-electron chi connectivity index (χ3n) is 2.54. The van der Waals surface area contributed by atoms with Crippen LogP contribution in [0, 0.1) is 0 Å². The Morgan fingerprint density at radius 1 is 0.733 bits per heavy atom. The molecule has 0 heterocycles. The van der Waals surface area contributed by atoms with E-state index in [1.54, 1.807) is 0 Å². The maximum atomic E-state index is 5.47. The lowest BCUT2D eigenvalue weighted by Gasteiger charge is -2.23. The Morgan fingerprint density at radius 3 is 1.67 bits per heavy atom. The Hall–Kier alpha value is -0.160. The summed E-state index contributed by atoms with van der Waals surface area (Å²) in [6.07, 6.45) is 1.10. The minimum atomic E-state index is 0.792. The Labute approximate surface area is 95.0 Å². The van der Waals surface area contributed by atoms with E-state index in [9.17, 15) is 0 Å². The third kappa shape index (κ3) is 10.1. The lowest BCUT2D eigenvalue weighted by molar-refractivity contribution is 0.237. The summed E-state index contributed by atoms with van der Waals surface area (Å²) in [5.41, 5.74) is 5.47. The van der Waals surface area contributed by atoms with Crippen LogP contribution in [0.3, 0.4) is 0 Å². The summed E-state index contributed by atoms with van der Waals surface area (Å²) < 4.78 is 0. The van der Waals surface area contributed by atoms with Gasteiger partial charge in [-0.25, -0.2) is 0 Å². The molecule has 92 valence electrons. The minimum absolute atomic E-state index is 0.792. The highest BCUT2D eigenvalue weighted by Crippen LogP contribution is 1.89. The van der Waals surface area contributed by atoms with Gasteiger partial charge >= 0.3 is 0 Å². The number of nitrogens with two attached hydrogens (primary N) is 1. The molecule has 0 unspecified atom stereocenters. The van der Waals surface area contributed by atoms with Gasteiger partial charge in [0.1, 0.15) is 0 Å². The smallest absolute Gasteiger partial charge is 0.0107 e. The van der Waals surface area contributed by atoms with Gasteiger partial charge in [0, 0.05) is 26.2 Å². The van der Waals surface area contributed by atoms with Crippen molar-refractivity contribution in [3.8, 4) is 0 Å². The molecule has 0 fully saturated rings. The van der Waals surface area contributed by atoms with Crippen LogP contribution in [-0.4, -0.2) is 82.2 Å². The zero-order valence-corrected chi connectivity index (χ0v) is 10.9. The summed E-state index contributed by atoms with van der Waals surface area (Å²) in [5, 5.41) is 0. The maximum Gasteiger partial charge on any atom is 0.0107 e. The molecule has 0 aliphatic carbocycles. The van der Waals surface area contributed by atoms with E-state index >= 15 is 0 Å². The lowest BCUT2D eigenvalue weighted by atomic mass is 10.4. The van der Waals surface area contributed by atoms with Crippen molar-refractivity contribution in [2.24, 2.45) is 5.73 Å². The molecular weight excluding hydrogens is 188 g/mol. The molecule has 2 N–H and O–H groups in total. The topological polar surface area (TPSA) is 35.7 Å². The van der Waals surface area contributed by atoms with Crippen LogP contribution in [0.5, 0.6) is 0 Å². The molecule has 0 saturated carbocycles. The standard InChI is InChI=1S/C11H28N4/c1-13(2)8-9-15(4)11-10-14(3)7-5-6-12/h5-12H2,1-4H3. The molecule has 0 aromatic carbocycles. The van der Waals surface area contributed by atoms with Crippen molar-refractivity contribution in [2.75, 3.05) is 67.5 Å². The fraction of sp³-hybridized carbons (Fsp3) is 1.00. The van der Waals surface area contributed by atoms with Gasteiger partial charge in [-0.2, -0.15) is 0 Å². The highest BCUT2D eigenvalue weighted by Gasteiger charge is 2.01. The van der Waals surface area contributed by atoms with Crippen molar-refractivity contribution in [3.63, 3.8) is 0 Å². The fourth-order valence-corrected chi connectivity index (χ4v) is 1.30. The van der Waals surface area contributed by atoms with Crippen LogP contribution in [0.15, 0.2) is 0 Å². The number of hydrogen-bond acceptors (Lipinski definition) is 4. The summed E-state index contributed by atoms with van der Waals surface area (Å²) >= 11 is 0. The van der Waals surface area contributed by atoms with Crippen molar-refractivity contribution < 1.29 is 0 Å². The van der Waals surface area contributed by atoms with Gasteiger partial charge < -0.3 is 20.4 Å². The molecule has 0 spiro atoms. The predicted octanol–water partition coefficient (Wildman–Crippen LogP) is -0.240. The lowest BCUT2D eigenvalue weighted by Crippen LogP contribution is -2.35. The van der Waals surface area contributed by atoms with E-state index in [4.69, 9.17) is 5.73 Å². The first kappa shape index (κ1) is 14.8.